The minimum absolute atomic E-state index is 0.0209. The van der Waals surface area contributed by atoms with Gasteiger partial charge in [0.2, 0.25) is 35.4 Å². The number of aromatic amines is 3. The van der Waals surface area contributed by atoms with Crippen LogP contribution in [0.25, 0.3) is 65.4 Å². The number of benzene rings is 3. The summed E-state index contributed by atoms with van der Waals surface area (Å²) in [7, 11) is 5.51. The van der Waals surface area contributed by atoms with Crippen molar-refractivity contribution in [1.82, 2.24) is 105 Å². The lowest BCUT2D eigenvalue weighted by Gasteiger charge is -2.36. The van der Waals surface area contributed by atoms with Crippen molar-refractivity contribution < 1.29 is 65.1 Å². The summed E-state index contributed by atoms with van der Waals surface area (Å²) in [6, 6.07) is 12.7. The number of carbonyl (C=O) groups excluding carboxylic acids is 3. The summed E-state index contributed by atoms with van der Waals surface area (Å²) >= 11 is 19.0. The van der Waals surface area contributed by atoms with Gasteiger partial charge < -0.3 is 67.5 Å². The molecule has 5 fully saturated rings. The maximum absolute atomic E-state index is 15.6. The zero-order valence-corrected chi connectivity index (χ0v) is 69.7. The lowest BCUT2D eigenvalue weighted by Crippen LogP contribution is -2.48. The van der Waals surface area contributed by atoms with E-state index in [0.29, 0.717) is 194 Å². The molecule has 5 saturated heterocycles. The lowest BCUT2D eigenvalue weighted by atomic mass is 9.96. The van der Waals surface area contributed by atoms with Gasteiger partial charge in [-0.05, 0) is 88.5 Å². The van der Waals surface area contributed by atoms with Gasteiger partial charge in [0.15, 0.2) is 28.7 Å². The number of methoxy groups -OCH3 is 1. The molecule has 13 aromatic rings. The highest BCUT2D eigenvalue weighted by molar-refractivity contribution is 6.34. The summed E-state index contributed by atoms with van der Waals surface area (Å²) in [5.74, 6) is 0.124. The minimum atomic E-state index is -1.56. The Morgan fingerprint density at radius 2 is 0.911 bits per heavy atom. The largest absolute Gasteiger partial charge is 0.460 e. The number of pyridine rings is 4. The maximum atomic E-state index is 15.6. The molecular formula is C83H81Cl3F4N24O10. The van der Waals surface area contributed by atoms with Gasteiger partial charge in [-0.2, -0.15) is 45.2 Å². The number of amides is 3. The van der Waals surface area contributed by atoms with Crippen molar-refractivity contribution in [2.45, 2.75) is 44.1 Å². The number of aryl methyl sites for hydroxylation is 1. The number of aromatic nitrogens is 16. The van der Waals surface area contributed by atoms with E-state index in [2.05, 4.69) is 95.0 Å². The number of carbonyl (C=O) groups is 3. The fraction of sp³-hybridized carbons (Fsp3) is 0.325. The monoisotopic (exact) mass is 1750 g/mol. The van der Waals surface area contributed by atoms with Gasteiger partial charge in [0, 0.05) is 148 Å². The highest BCUT2D eigenvalue weighted by Gasteiger charge is 2.38. The van der Waals surface area contributed by atoms with E-state index in [1.54, 1.807) is 70.7 Å². The Labute approximate surface area is 719 Å². The van der Waals surface area contributed by atoms with Gasteiger partial charge in [-0.15, -0.1) is 0 Å². The topological polar surface area (TPSA) is 357 Å². The fourth-order valence-corrected chi connectivity index (χ4v) is 16.0. The number of nitrogens with zero attached hydrogens (tertiary/aromatic N) is 21. The Bertz CT molecular complexity index is 6250. The van der Waals surface area contributed by atoms with Gasteiger partial charge in [0.05, 0.1) is 73.2 Å². The van der Waals surface area contributed by atoms with Gasteiger partial charge in [-0.1, -0.05) is 61.5 Å². The van der Waals surface area contributed by atoms with Crippen molar-refractivity contribution >= 4 is 135 Å². The molecule has 0 radical (unpaired) electrons. The van der Waals surface area contributed by atoms with Crippen molar-refractivity contribution in [2.24, 2.45) is 0 Å². The molecule has 3 atom stereocenters. The molecule has 0 aliphatic carbocycles. The lowest BCUT2D eigenvalue weighted by molar-refractivity contribution is -0.127. The van der Waals surface area contributed by atoms with Crippen LogP contribution >= 0.6 is 34.8 Å². The molecule has 18 rings (SSSR count). The van der Waals surface area contributed by atoms with E-state index in [-0.39, 0.29) is 117 Å². The number of ether oxygens (including phenoxy) is 7. The molecule has 124 heavy (non-hydrogen) atoms. The second kappa shape index (κ2) is 36.6. The van der Waals surface area contributed by atoms with Gasteiger partial charge in [-0.25, -0.2) is 32.5 Å². The first-order chi connectivity index (χ1) is 60.1. The molecule has 3 N–H and O–H groups in total. The summed E-state index contributed by atoms with van der Waals surface area (Å²) in [5.41, 5.74) is 1.37. The first-order valence-electron chi connectivity index (χ1n) is 39.5. The van der Waals surface area contributed by atoms with Crippen molar-refractivity contribution in [1.29, 1.82) is 0 Å². The van der Waals surface area contributed by atoms with Gasteiger partial charge >= 0.3 is 18.0 Å². The number of rotatable bonds is 21. The quantitative estimate of drug-likeness (QED) is 0.0444. The molecule has 5 aliphatic heterocycles. The summed E-state index contributed by atoms with van der Waals surface area (Å²) in [5, 5.41) is 22.7. The number of likely N-dealkylation sites (tertiary alicyclic amines) is 2. The summed E-state index contributed by atoms with van der Waals surface area (Å²) < 4.78 is 102. The molecule has 1 unspecified atom stereocenters. The van der Waals surface area contributed by atoms with Crippen molar-refractivity contribution in [3.05, 3.63) is 168 Å². The number of nitrogens with one attached hydrogen (secondary N) is 3. The Morgan fingerprint density at radius 1 is 0.508 bits per heavy atom. The zero-order chi connectivity index (χ0) is 86.6. The number of piperidine rings is 1. The van der Waals surface area contributed by atoms with Crippen LogP contribution in [0, 0.1) is 17.5 Å². The van der Waals surface area contributed by atoms with Crippen LogP contribution in [-0.2, 0) is 25.5 Å². The standard InChI is InChI=1S/C28H29ClF2N8O3.C28H24ClFN8O3.C27H28ClFN8O4/c1-3-21(40)38-9-11-39(12-10-38)25-17-5-7-32-26(42-24-18-14-33-36-20(18)13-19(30)22(24)29)23(17)34-27(35-25)41-16-28(31)6-4-8-37(2)15-28;1-3-19-21(6-5-8-31-19)40-28-34-24-16(26(35-28)38-12-10-37(11-13-38)22(39)4-2)7-9-32-27(24)41-25-17-15-33-36-20(17)14-18(30)23(25)29;1-4-21(38)36-7-9-37(10-8-36)25-15-5-6-30-26(41-24-16-12-31-34-18(16)11-17(29)22(24)28)23(15)32-27(33-25)40-20-14-35(2)13-19(20)39-3/h3,5,7,13-14H,1,4,6,8-12,15-16H2,2H3,(H,33,36);4-9,14-15H,2-3,10-13H2,1H3,(H,33,36);4-6,11-12,19-20H,1,7-10,13-14H2,2-3H3,(H,31,34)/t28-;;19-,20?/m0.1/s1. The molecule has 3 aromatic carbocycles. The molecule has 10 aromatic heterocycles. The second-order valence-corrected chi connectivity index (χ2v) is 30.9. The Hall–Kier alpha value is -13.0. The molecule has 15 heterocycles. The van der Waals surface area contributed by atoms with Crippen LogP contribution in [0.1, 0.15) is 25.5 Å². The second-order valence-electron chi connectivity index (χ2n) is 29.7. The third kappa shape index (κ3) is 17.7. The third-order valence-corrected chi connectivity index (χ3v) is 22.8. The summed E-state index contributed by atoms with van der Waals surface area (Å²) in [6.45, 7) is 20.8. The Morgan fingerprint density at radius 3 is 1.32 bits per heavy atom. The van der Waals surface area contributed by atoms with Crippen LogP contribution in [0.2, 0.25) is 15.1 Å². The van der Waals surface area contributed by atoms with E-state index in [1.165, 1.54) is 61.2 Å². The molecule has 34 nitrogen and oxygen atoms in total. The number of halogens is 7. The number of hydrogen-bond donors (Lipinski definition) is 3. The van der Waals surface area contributed by atoms with Crippen LogP contribution in [0.5, 0.6) is 58.7 Å². The van der Waals surface area contributed by atoms with E-state index in [1.807, 2.05) is 35.7 Å². The molecule has 0 bridgehead atoms. The van der Waals surface area contributed by atoms with E-state index in [4.69, 9.17) is 82.9 Å². The average molecular weight is 1760 g/mol. The Kier molecular flexibility index (Phi) is 25.0. The molecular weight excluding hydrogens is 1680 g/mol. The SMILES string of the molecule is C=CC(=O)N1CCN(c2nc(OC3CN(C)C[C@H]3OC)nc3c(Oc4c(Cl)c(F)cc5[nH]ncc45)nccc23)CC1.C=CC(=O)N1CCN(c2nc(OC[C@]3(F)CCCN(C)C3)nc3c(Oc4c(Cl)c(F)cc5[nH]ncc45)nccc23)CC1.C=CC(=O)N1CCN(c2nc(Oc3cccnc3CC)nc3c(Oc4c(Cl)c(F)cc5[nH]ncc45)nccc23)CC1. The van der Waals surface area contributed by atoms with E-state index in [9.17, 15) is 27.6 Å². The van der Waals surface area contributed by atoms with Crippen LogP contribution in [0.15, 0.2) is 130 Å². The molecule has 0 spiro atoms. The third-order valence-electron chi connectivity index (χ3n) is 21.7. The summed E-state index contributed by atoms with van der Waals surface area (Å²) in [4.78, 5) is 97.5. The number of H-pyrrole nitrogens is 3. The van der Waals surface area contributed by atoms with Crippen LogP contribution in [0.3, 0.4) is 0 Å². The van der Waals surface area contributed by atoms with Gasteiger partial charge in [0.1, 0.15) is 85.3 Å². The van der Waals surface area contributed by atoms with Gasteiger partial charge in [-0.3, -0.25) is 39.6 Å². The van der Waals surface area contributed by atoms with Crippen molar-refractivity contribution in [3.8, 4) is 58.7 Å². The maximum Gasteiger partial charge on any atom is 0.324 e. The first kappa shape index (κ1) is 84.6. The molecule has 0 saturated carbocycles. The molecule has 41 heteroatoms. The molecule has 5 aliphatic rings. The van der Waals surface area contributed by atoms with E-state index < -0.39 is 23.1 Å². The van der Waals surface area contributed by atoms with Crippen LogP contribution in [0.4, 0.5) is 35.0 Å². The van der Waals surface area contributed by atoms with Gasteiger partial charge in [0.25, 0.3) is 0 Å². The van der Waals surface area contributed by atoms with Crippen molar-refractivity contribution in [3.63, 3.8) is 0 Å². The fourth-order valence-electron chi connectivity index (χ4n) is 15.4. The number of hydrogen-bond acceptors (Lipinski definition) is 28. The minimum Gasteiger partial charge on any atom is -0.460 e. The van der Waals surface area contributed by atoms with Crippen LogP contribution in [-0.4, -0.2) is 273 Å². The smallest absolute Gasteiger partial charge is 0.324 e. The highest BCUT2D eigenvalue weighted by Crippen LogP contribution is 2.45. The highest BCUT2D eigenvalue weighted by atomic mass is 35.5. The number of anilines is 3. The van der Waals surface area contributed by atoms with Crippen molar-refractivity contribution in [2.75, 3.05) is 147 Å². The zero-order valence-electron chi connectivity index (χ0n) is 67.4. The number of fused-ring (bicyclic) bond motifs is 6. The first-order valence-corrected chi connectivity index (χ1v) is 40.7. The molecule has 642 valence electrons. The molecule has 3 amide bonds. The number of alkyl halides is 1. The van der Waals surface area contributed by atoms with E-state index in [0.717, 1.165) is 12.2 Å². The normalized spacial score (nSPS) is 17.7. The van der Waals surface area contributed by atoms with Crippen LogP contribution < -0.4 is 43.1 Å². The summed E-state index contributed by atoms with van der Waals surface area (Å²) in [6.07, 6.45) is 16.0. The number of likely N-dealkylation sites (N-methyl/N-ethyl adjacent to an activating group) is 1. The Balaban J connectivity index is 0.000000137. The van der Waals surface area contributed by atoms with E-state index >= 15 is 4.39 Å². The average Bonchev–Trinajstić information content (AvgIpc) is 1.17. The predicted octanol–water partition coefficient (Wildman–Crippen LogP) is 12.2. The number of piperazine rings is 3. The predicted molar refractivity (Wildman–Crippen MR) is 455 cm³/mol.